The number of nitrogens with one attached hydrogen (secondary N) is 1. The summed E-state index contributed by atoms with van der Waals surface area (Å²) in [6.07, 6.45) is -0.402. The van der Waals surface area contributed by atoms with Crippen LogP contribution in [0, 0.1) is 0 Å². The van der Waals surface area contributed by atoms with Crippen LogP contribution in [0.25, 0.3) is 0 Å². The molecule has 0 aliphatic heterocycles. The van der Waals surface area contributed by atoms with E-state index in [1.807, 2.05) is 25.1 Å². The lowest BCUT2D eigenvalue weighted by molar-refractivity contribution is -0.130. The third kappa shape index (κ3) is 3.86. The molecule has 3 nitrogen and oxygen atoms in total. The number of hydrogen-bond acceptors (Lipinski definition) is 2. The van der Waals surface area contributed by atoms with Crippen LogP contribution in [0.15, 0.2) is 30.3 Å². The molecule has 94 valence electrons. The quantitative estimate of drug-likeness (QED) is 0.850. The van der Waals surface area contributed by atoms with Crippen LogP contribution in [0.3, 0.4) is 0 Å². The molecule has 0 aromatic heterocycles. The summed E-state index contributed by atoms with van der Waals surface area (Å²) in [5.41, 5.74) is 1.23. The van der Waals surface area contributed by atoms with Gasteiger partial charge in [-0.15, -0.1) is 0 Å². The van der Waals surface area contributed by atoms with Gasteiger partial charge in [0.05, 0.1) is 0 Å². The van der Waals surface area contributed by atoms with E-state index >= 15 is 0 Å². The lowest BCUT2D eigenvalue weighted by Gasteiger charge is -2.23. The Hall–Kier alpha value is -1.35. The molecular formula is C14H21NO2. The highest BCUT2D eigenvalue weighted by molar-refractivity contribution is 5.80. The molecule has 3 heteroatoms. The fraction of sp³-hybridized carbons (Fsp3) is 0.500. The van der Waals surface area contributed by atoms with Gasteiger partial charge in [0.2, 0.25) is 5.91 Å². The minimum absolute atomic E-state index is 0.0669. The van der Waals surface area contributed by atoms with Crippen LogP contribution < -0.4 is 5.32 Å². The SMILES string of the molecule is CO[C@H](C)C(=O)N[C@@H](C)[C@H](C)c1ccccc1. The molecule has 0 saturated carbocycles. The van der Waals surface area contributed by atoms with Crippen molar-refractivity contribution in [3.8, 4) is 0 Å². The summed E-state index contributed by atoms with van der Waals surface area (Å²) in [6, 6.07) is 10.3. The second-order valence-corrected chi connectivity index (χ2v) is 4.37. The van der Waals surface area contributed by atoms with E-state index in [1.165, 1.54) is 12.7 Å². The van der Waals surface area contributed by atoms with Crippen molar-refractivity contribution in [1.82, 2.24) is 5.32 Å². The van der Waals surface area contributed by atoms with Gasteiger partial charge in [-0.05, 0) is 19.4 Å². The topological polar surface area (TPSA) is 38.3 Å². The Morgan fingerprint density at radius 3 is 2.29 bits per heavy atom. The molecular weight excluding hydrogens is 214 g/mol. The van der Waals surface area contributed by atoms with Gasteiger partial charge in [-0.2, -0.15) is 0 Å². The number of benzene rings is 1. The van der Waals surface area contributed by atoms with Crippen molar-refractivity contribution in [3.63, 3.8) is 0 Å². The zero-order chi connectivity index (χ0) is 12.8. The average molecular weight is 235 g/mol. The molecule has 17 heavy (non-hydrogen) atoms. The summed E-state index contributed by atoms with van der Waals surface area (Å²) < 4.78 is 4.99. The summed E-state index contributed by atoms with van der Waals surface area (Å²) in [6.45, 7) is 5.87. The van der Waals surface area contributed by atoms with Crippen molar-refractivity contribution in [2.24, 2.45) is 0 Å². The Morgan fingerprint density at radius 1 is 1.18 bits per heavy atom. The molecule has 1 rings (SSSR count). The van der Waals surface area contributed by atoms with E-state index in [2.05, 4.69) is 24.4 Å². The molecule has 0 spiro atoms. The average Bonchev–Trinajstić information content (AvgIpc) is 2.37. The summed E-state index contributed by atoms with van der Waals surface area (Å²) in [7, 11) is 1.54. The maximum absolute atomic E-state index is 11.7. The highest BCUT2D eigenvalue weighted by atomic mass is 16.5. The fourth-order valence-corrected chi connectivity index (χ4v) is 1.62. The Bertz CT molecular complexity index is 350. The van der Waals surface area contributed by atoms with E-state index in [4.69, 9.17) is 4.74 Å². The van der Waals surface area contributed by atoms with Gasteiger partial charge < -0.3 is 10.1 Å². The van der Waals surface area contributed by atoms with Crippen LogP contribution in [0.4, 0.5) is 0 Å². The highest BCUT2D eigenvalue weighted by Gasteiger charge is 2.19. The largest absolute Gasteiger partial charge is 0.372 e. The number of carbonyl (C=O) groups excluding carboxylic acids is 1. The van der Waals surface area contributed by atoms with E-state index in [0.717, 1.165) is 0 Å². The standard InChI is InChI=1S/C14H21NO2/c1-10(13-8-6-5-7-9-13)11(2)15-14(16)12(3)17-4/h5-12H,1-4H3,(H,15,16)/t10-,11-,12+/m0/s1. The summed E-state index contributed by atoms with van der Waals surface area (Å²) in [5.74, 6) is 0.215. The minimum atomic E-state index is -0.402. The van der Waals surface area contributed by atoms with Gasteiger partial charge in [0.15, 0.2) is 0 Å². The van der Waals surface area contributed by atoms with Crippen LogP contribution in [0.1, 0.15) is 32.3 Å². The molecule has 0 radical (unpaired) electrons. The van der Waals surface area contributed by atoms with Gasteiger partial charge in [-0.1, -0.05) is 37.3 Å². The molecule has 0 fully saturated rings. The van der Waals surface area contributed by atoms with Gasteiger partial charge >= 0.3 is 0 Å². The zero-order valence-electron chi connectivity index (χ0n) is 10.9. The second-order valence-electron chi connectivity index (χ2n) is 4.37. The van der Waals surface area contributed by atoms with Gasteiger partial charge in [0.1, 0.15) is 6.10 Å². The van der Waals surface area contributed by atoms with Crippen molar-refractivity contribution in [1.29, 1.82) is 0 Å². The predicted octanol–water partition coefficient (Wildman–Crippen LogP) is 2.33. The molecule has 1 N–H and O–H groups in total. The zero-order valence-corrected chi connectivity index (χ0v) is 10.9. The lowest BCUT2D eigenvalue weighted by Crippen LogP contribution is -2.41. The molecule has 0 unspecified atom stereocenters. The number of rotatable bonds is 5. The van der Waals surface area contributed by atoms with Crippen LogP contribution >= 0.6 is 0 Å². The molecule has 0 heterocycles. The molecule has 1 aromatic rings. The first-order valence-electron chi connectivity index (χ1n) is 5.94. The highest BCUT2D eigenvalue weighted by Crippen LogP contribution is 2.18. The molecule has 0 bridgehead atoms. The third-order valence-corrected chi connectivity index (χ3v) is 3.17. The Labute approximate surface area is 103 Å². The third-order valence-electron chi connectivity index (χ3n) is 3.17. The van der Waals surface area contributed by atoms with Crippen molar-refractivity contribution in [3.05, 3.63) is 35.9 Å². The van der Waals surface area contributed by atoms with Crippen LogP contribution in [0.5, 0.6) is 0 Å². The molecule has 0 aliphatic carbocycles. The van der Waals surface area contributed by atoms with E-state index in [0.29, 0.717) is 0 Å². The maximum atomic E-state index is 11.7. The normalized spacial score (nSPS) is 16.0. The van der Waals surface area contributed by atoms with E-state index in [-0.39, 0.29) is 17.9 Å². The van der Waals surface area contributed by atoms with E-state index in [9.17, 15) is 4.79 Å². The Balaban J connectivity index is 2.59. The van der Waals surface area contributed by atoms with Crippen molar-refractivity contribution < 1.29 is 9.53 Å². The lowest BCUT2D eigenvalue weighted by atomic mass is 9.94. The molecule has 1 aromatic carbocycles. The van der Waals surface area contributed by atoms with Crippen molar-refractivity contribution >= 4 is 5.91 Å². The Kier molecular flexibility index (Phi) is 5.16. The van der Waals surface area contributed by atoms with Crippen LogP contribution in [-0.2, 0) is 9.53 Å². The number of methoxy groups -OCH3 is 1. The predicted molar refractivity (Wildman–Crippen MR) is 68.9 cm³/mol. The smallest absolute Gasteiger partial charge is 0.249 e. The first-order chi connectivity index (χ1) is 8.06. The molecule has 3 atom stereocenters. The number of hydrogen-bond donors (Lipinski definition) is 1. The van der Waals surface area contributed by atoms with Gasteiger partial charge in [0.25, 0.3) is 0 Å². The van der Waals surface area contributed by atoms with Crippen LogP contribution in [0.2, 0.25) is 0 Å². The van der Waals surface area contributed by atoms with Gasteiger partial charge in [0, 0.05) is 19.1 Å². The van der Waals surface area contributed by atoms with Gasteiger partial charge in [-0.3, -0.25) is 4.79 Å². The summed E-state index contributed by atoms with van der Waals surface area (Å²) in [5, 5.41) is 2.96. The van der Waals surface area contributed by atoms with Crippen molar-refractivity contribution in [2.75, 3.05) is 7.11 Å². The number of ether oxygens (including phenoxy) is 1. The first-order valence-corrected chi connectivity index (χ1v) is 5.94. The fourth-order valence-electron chi connectivity index (χ4n) is 1.62. The molecule has 1 amide bonds. The minimum Gasteiger partial charge on any atom is -0.372 e. The summed E-state index contributed by atoms with van der Waals surface area (Å²) in [4.78, 5) is 11.7. The Morgan fingerprint density at radius 2 is 1.76 bits per heavy atom. The van der Waals surface area contributed by atoms with E-state index < -0.39 is 6.10 Å². The van der Waals surface area contributed by atoms with Crippen molar-refractivity contribution in [2.45, 2.75) is 38.8 Å². The molecule has 0 saturated heterocycles. The second kappa shape index (κ2) is 6.40. The number of carbonyl (C=O) groups is 1. The van der Waals surface area contributed by atoms with E-state index in [1.54, 1.807) is 6.92 Å². The van der Waals surface area contributed by atoms with Crippen LogP contribution in [-0.4, -0.2) is 25.2 Å². The van der Waals surface area contributed by atoms with Gasteiger partial charge in [-0.25, -0.2) is 0 Å². The monoisotopic (exact) mass is 235 g/mol. The number of amides is 1. The molecule has 0 aliphatic rings. The summed E-state index contributed by atoms with van der Waals surface area (Å²) >= 11 is 0. The maximum Gasteiger partial charge on any atom is 0.249 e. The first kappa shape index (κ1) is 13.7.